The molecule has 6 heteroatoms. The third-order valence-electron chi connectivity index (χ3n) is 3.02. The molecule has 0 amide bonds. The van der Waals surface area contributed by atoms with Crippen molar-refractivity contribution in [2.75, 3.05) is 16.8 Å². The Morgan fingerprint density at radius 2 is 2.00 bits per heavy atom. The van der Waals surface area contributed by atoms with Crippen molar-refractivity contribution in [1.82, 2.24) is 0 Å². The average molecular weight is 329 g/mol. The fourth-order valence-electron chi connectivity index (χ4n) is 1.99. The van der Waals surface area contributed by atoms with Crippen LogP contribution in [0.3, 0.4) is 0 Å². The highest BCUT2D eigenvalue weighted by Crippen LogP contribution is 2.24. The van der Waals surface area contributed by atoms with Gasteiger partial charge in [-0.05, 0) is 31.0 Å². The van der Waals surface area contributed by atoms with Crippen LogP contribution in [0.25, 0.3) is 0 Å². The standard InChI is InChI=1S/C12H13BrN2O2S/c13-10-2-1-9(8-14)12(7-10)15-11-3-5-18(16,17)6-4-11/h1-2,7,11,15H,3-6H2. The largest absolute Gasteiger partial charge is 0.381 e. The van der Waals surface area contributed by atoms with E-state index in [1.54, 1.807) is 6.07 Å². The molecule has 0 radical (unpaired) electrons. The van der Waals surface area contributed by atoms with Crippen molar-refractivity contribution in [2.45, 2.75) is 18.9 Å². The lowest BCUT2D eigenvalue weighted by molar-refractivity contribution is 0.559. The molecule has 0 spiro atoms. The summed E-state index contributed by atoms with van der Waals surface area (Å²) in [6.07, 6.45) is 1.19. The van der Waals surface area contributed by atoms with Crippen LogP contribution in [0.15, 0.2) is 22.7 Å². The normalized spacial score (nSPS) is 19.1. The molecule has 0 unspecified atom stereocenters. The molecule has 96 valence electrons. The number of halogens is 1. The van der Waals surface area contributed by atoms with E-state index in [0.717, 1.165) is 10.2 Å². The maximum Gasteiger partial charge on any atom is 0.150 e. The molecular weight excluding hydrogens is 316 g/mol. The average Bonchev–Trinajstić information content (AvgIpc) is 2.32. The summed E-state index contributed by atoms with van der Waals surface area (Å²) in [7, 11) is -2.85. The summed E-state index contributed by atoms with van der Waals surface area (Å²) in [5, 5.41) is 12.3. The lowest BCUT2D eigenvalue weighted by atomic mass is 10.1. The van der Waals surface area contributed by atoms with Crippen LogP contribution in [0.4, 0.5) is 5.69 Å². The smallest absolute Gasteiger partial charge is 0.150 e. The van der Waals surface area contributed by atoms with Gasteiger partial charge >= 0.3 is 0 Å². The van der Waals surface area contributed by atoms with Gasteiger partial charge in [-0.2, -0.15) is 5.26 Å². The molecule has 1 fully saturated rings. The van der Waals surface area contributed by atoms with Crippen molar-refractivity contribution < 1.29 is 8.42 Å². The van der Waals surface area contributed by atoms with Gasteiger partial charge in [0.1, 0.15) is 15.9 Å². The first-order valence-electron chi connectivity index (χ1n) is 5.67. The number of sulfone groups is 1. The third kappa shape index (κ3) is 3.24. The summed E-state index contributed by atoms with van der Waals surface area (Å²) in [4.78, 5) is 0. The topological polar surface area (TPSA) is 70.0 Å². The van der Waals surface area contributed by atoms with Crippen LogP contribution in [0.2, 0.25) is 0 Å². The summed E-state index contributed by atoms with van der Waals surface area (Å²) in [6.45, 7) is 0. The van der Waals surface area contributed by atoms with E-state index in [9.17, 15) is 8.42 Å². The number of hydrogen-bond acceptors (Lipinski definition) is 4. The number of anilines is 1. The molecule has 1 heterocycles. The van der Waals surface area contributed by atoms with E-state index in [2.05, 4.69) is 27.3 Å². The molecule has 1 N–H and O–H groups in total. The van der Waals surface area contributed by atoms with Crippen molar-refractivity contribution in [3.8, 4) is 6.07 Å². The van der Waals surface area contributed by atoms with Crippen molar-refractivity contribution in [1.29, 1.82) is 5.26 Å². The highest BCUT2D eigenvalue weighted by atomic mass is 79.9. The quantitative estimate of drug-likeness (QED) is 0.904. The lowest BCUT2D eigenvalue weighted by Crippen LogP contribution is -2.32. The van der Waals surface area contributed by atoms with Crippen LogP contribution in [0.1, 0.15) is 18.4 Å². The molecule has 18 heavy (non-hydrogen) atoms. The molecule has 1 aromatic rings. The van der Waals surface area contributed by atoms with Gasteiger partial charge in [0, 0.05) is 10.5 Å². The van der Waals surface area contributed by atoms with Gasteiger partial charge in [0.15, 0.2) is 0 Å². The summed E-state index contributed by atoms with van der Waals surface area (Å²) < 4.78 is 23.6. The highest BCUT2D eigenvalue weighted by Gasteiger charge is 2.23. The molecular formula is C12H13BrN2O2S. The third-order valence-corrected chi connectivity index (χ3v) is 5.23. The zero-order valence-electron chi connectivity index (χ0n) is 9.69. The van der Waals surface area contributed by atoms with Crippen LogP contribution in [0.5, 0.6) is 0 Å². The predicted octanol–water partition coefficient (Wildman–Crippen LogP) is 2.31. The minimum Gasteiger partial charge on any atom is -0.381 e. The van der Waals surface area contributed by atoms with Crippen LogP contribution in [-0.4, -0.2) is 26.0 Å². The van der Waals surface area contributed by atoms with Crippen molar-refractivity contribution in [2.24, 2.45) is 0 Å². The second-order valence-electron chi connectivity index (χ2n) is 4.37. The van der Waals surface area contributed by atoms with Crippen molar-refractivity contribution in [3.05, 3.63) is 28.2 Å². The SMILES string of the molecule is N#Cc1ccc(Br)cc1NC1CCS(=O)(=O)CC1. The van der Waals surface area contributed by atoms with E-state index < -0.39 is 9.84 Å². The van der Waals surface area contributed by atoms with E-state index in [-0.39, 0.29) is 17.5 Å². The van der Waals surface area contributed by atoms with E-state index in [4.69, 9.17) is 5.26 Å². The Bertz CT molecular complexity index is 579. The molecule has 1 saturated heterocycles. The first-order chi connectivity index (χ1) is 8.50. The van der Waals surface area contributed by atoms with Gasteiger partial charge in [0.25, 0.3) is 0 Å². The minimum absolute atomic E-state index is 0.120. The second kappa shape index (κ2) is 5.29. The Hall–Kier alpha value is -1.06. The number of nitriles is 1. The molecule has 4 nitrogen and oxygen atoms in total. The van der Waals surface area contributed by atoms with Crippen LogP contribution >= 0.6 is 15.9 Å². The van der Waals surface area contributed by atoms with Crippen LogP contribution < -0.4 is 5.32 Å². The predicted molar refractivity (Wildman–Crippen MR) is 74.2 cm³/mol. The van der Waals surface area contributed by atoms with E-state index in [1.165, 1.54) is 0 Å². The molecule has 1 aromatic carbocycles. The van der Waals surface area contributed by atoms with E-state index >= 15 is 0 Å². The summed E-state index contributed by atoms with van der Waals surface area (Å²) in [5.41, 5.74) is 1.34. The Balaban J connectivity index is 2.11. The Morgan fingerprint density at radius 1 is 1.33 bits per heavy atom. The number of hydrogen-bond donors (Lipinski definition) is 1. The van der Waals surface area contributed by atoms with E-state index in [0.29, 0.717) is 18.4 Å². The molecule has 1 aliphatic heterocycles. The Kier molecular flexibility index (Phi) is 3.93. The Labute approximate surface area is 115 Å². The van der Waals surface area contributed by atoms with Crippen molar-refractivity contribution in [3.63, 3.8) is 0 Å². The lowest BCUT2D eigenvalue weighted by Gasteiger charge is -2.24. The van der Waals surface area contributed by atoms with Gasteiger partial charge in [-0.1, -0.05) is 15.9 Å². The summed E-state index contributed by atoms with van der Waals surface area (Å²) >= 11 is 3.36. The van der Waals surface area contributed by atoms with Gasteiger partial charge in [0.05, 0.1) is 22.8 Å². The second-order valence-corrected chi connectivity index (χ2v) is 7.59. The monoisotopic (exact) mass is 328 g/mol. The maximum absolute atomic E-state index is 11.3. The van der Waals surface area contributed by atoms with E-state index in [1.807, 2.05) is 12.1 Å². The van der Waals surface area contributed by atoms with Gasteiger partial charge in [-0.3, -0.25) is 0 Å². The minimum atomic E-state index is -2.85. The number of rotatable bonds is 2. The fourth-order valence-corrected chi connectivity index (χ4v) is 3.84. The van der Waals surface area contributed by atoms with Gasteiger partial charge in [0.2, 0.25) is 0 Å². The Morgan fingerprint density at radius 3 is 2.61 bits per heavy atom. The van der Waals surface area contributed by atoms with Crippen LogP contribution in [-0.2, 0) is 9.84 Å². The summed E-state index contributed by atoms with van der Waals surface area (Å²) in [5.74, 6) is 0.446. The fraction of sp³-hybridized carbons (Fsp3) is 0.417. The number of benzene rings is 1. The first kappa shape index (κ1) is 13.4. The van der Waals surface area contributed by atoms with Gasteiger partial charge in [-0.25, -0.2) is 8.42 Å². The molecule has 0 aromatic heterocycles. The molecule has 0 bridgehead atoms. The molecule has 0 atom stereocenters. The molecule has 1 aliphatic rings. The zero-order valence-corrected chi connectivity index (χ0v) is 12.1. The van der Waals surface area contributed by atoms with Gasteiger partial charge < -0.3 is 5.32 Å². The number of nitrogens with zero attached hydrogens (tertiary/aromatic N) is 1. The summed E-state index contributed by atoms with van der Waals surface area (Å²) in [6, 6.07) is 7.65. The molecule has 2 rings (SSSR count). The van der Waals surface area contributed by atoms with Gasteiger partial charge in [-0.15, -0.1) is 0 Å². The maximum atomic E-state index is 11.3. The molecule has 0 saturated carbocycles. The first-order valence-corrected chi connectivity index (χ1v) is 8.28. The van der Waals surface area contributed by atoms with Crippen molar-refractivity contribution >= 4 is 31.5 Å². The highest BCUT2D eigenvalue weighted by molar-refractivity contribution is 9.10. The molecule has 0 aliphatic carbocycles. The number of nitrogens with one attached hydrogen (secondary N) is 1. The zero-order chi connectivity index (χ0) is 13.2. The van der Waals surface area contributed by atoms with Crippen LogP contribution in [0, 0.1) is 11.3 Å².